The Balaban J connectivity index is 2.30. The molecule has 0 radical (unpaired) electrons. The van der Waals surface area contributed by atoms with E-state index in [0.717, 1.165) is 21.7 Å². The molecule has 2 rings (SSSR count). The molecule has 84 valence electrons. The van der Waals surface area contributed by atoms with Gasteiger partial charge in [0, 0.05) is 6.20 Å². The first-order valence-electron chi connectivity index (χ1n) is 4.85. The highest BCUT2D eigenvalue weighted by Gasteiger charge is 2.10. The third-order valence-electron chi connectivity index (χ3n) is 2.24. The molecule has 5 nitrogen and oxygen atoms in total. The summed E-state index contributed by atoms with van der Waals surface area (Å²) >= 11 is 3.39. The lowest BCUT2D eigenvalue weighted by atomic mass is 10.4. The van der Waals surface area contributed by atoms with E-state index >= 15 is 0 Å². The minimum Gasteiger partial charge on any atom is -0.383 e. The lowest BCUT2D eigenvalue weighted by Crippen LogP contribution is -2.08. The molecule has 0 saturated carbocycles. The van der Waals surface area contributed by atoms with E-state index in [1.54, 1.807) is 10.9 Å². The van der Waals surface area contributed by atoms with Crippen LogP contribution in [-0.2, 0) is 6.54 Å². The highest BCUT2D eigenvalue weighted by Crippen LogP contribution is 2.23. The second kappa shape index (κ2) is 4.21. The van der Waals surface area contributed by atoms with Gasteiger partial charge >= 0.3 is 0 Å². The first-order chi connectivity index (χ1) is 7.58. The number of rotatable bonds is 2. The van der Waals surface area contributed by atoms with Crippen molar-refractivity contribution in [2.24, 2.45) is 0 Å². The summed E-state index contributed by atoms with van der Waals surface area (Å²) < 4.78 is 2.57. The summed E-state index contributed by atoms with van der Waals surface area (Å²) in [5.74, 6) is 1.37. The highest BCUT2D eigenvalue weighted by atomic mass is 79.9. The number of aryl methyl sites for hydroxylation is 2. The molecule has 2 heterocycles. The number of anilines is 1. The molecule has 0 bridgehead atoms. The zero-order valence-electron chi connectivity index (χ0n) is 9.11. The fraction of sp³-hybridized carbons (Fsp3) is 0.300. The molecule has 6 heteroatoms. The van der Waals surface area contributed by atoms with Gasteiger partial charge in [-0.1, -0.05) is 0 Å². The number of aromatic nitrogens is 4. The lowest BCUT2D eigenvalue weighted by Gasteiger charge is -2.03. The van der Waals surface area contributed by atoms with Crippen molar-refractivity contribution in [3.63, 3.8) is 0 Å². The van der Waals surface area contributed by atoms with Gasteiger partial charge in [0.2, 0.25) is 0 Å². The molecular formula is C10H12BrN5. The van der Waals surface area contributed by atoms with Gasteiger partial charge in [-0.15, -0.1) is 0 Å². The number of halogens is 1. The van der Waals surface area contributed by atoms with Gasteiger partial charge in [-0.05, 0) is 35.8 Å². The van der Waals surface area contributed by atoms with Gasteiger partial charge in [-0.2, -0.15) is 5.10 Å². The lowest BCUT2D eigenvalue weighted by molar-refractivity contribution is 0.671. The molecule has 2 aromatic heterocycles. The first kappa shape index (κ1) is 11.1. The van der Waals surface area contributed by atoms with Crippen molar-refractivity contribution in [1.29, 1.82) is 0 Å². The molecule has 0 amide bonds. The monoisotopic (exact) mass is 281 g/mol. The number of hydrogen-bond donors (Lipinski definition) is 1. The summed E-state index contributed by atoms with van der Waals surface area (Å²) in [4.78, 5) is 8.35. The summed E-state index contributed by atoms with van der Waals surface area (Å²) in [6.45, 7) is 4.32. The topological polar surface area (TPSA) is 69.6 Å². The van der Waals surface area contributed by atoms with Crippen LogP contribution < -0.4 is 5.73 Å². The summed E-state index contributed by atoms with van der Waals surface area (Å²) in [5, 5.41) is 4.32. The molecule has 0 aliphatic heterocycles. The van der Waals surface area contributed by atoms with Gasteiger partial charge in [0.05, 0.1) is 22.4 Å². The average Bonchev–Trinajstić information content (AvgIpc) is 2.47. The summed E-state index contributed by atoms with van der Waals surface area (Å²) in [5.41, 5.74) is 7.67. The Morgan fingerprint density at radius 3 is 2.75 bits per heavy atom. The second-order valence-corrected chi connectivity index (χ2v) is 4.33. The van der Waals surface area contributed by atoms with E-state index in [2.05, 4.69) is 31.0 Å². The summed E-state index contributed by atoms with van der Waals surface area (Å²) in [6.07, 6.45) is 1.74. The van der Waals surface area contributed by atoms with Crippen LogP contribution in [0.25, 0.3) is 0 Å². The summed E-state index contributed by atoms with van der Waals surface area (Å²) in [6, 6.07) is 1.86. The van der Waals surface area contributed by atoms with E-state index in [1.807, 2.05) is 19.9 Å². The van der Waals surface area contributed by atoms with E-state index < -0.39 is 0 Å². The zero-order chi connectivity index (χ0) is 11.7. The van der Waals surface area contributed by atoms with E-state index in [1.165, 1.54) is 0 Å². The Bertz CT molecular complexity index is 520. The number of nitrogen functional groups attached to an aromatic ring is 1. The van der Waals surface area contributed by atoms with Gasteiger partial charge in [0.15, 0.2) is 0 Å². The summed E-state index contributed by atoms with van der Waals surface area (Å²) in [7, 11) is 0. The average molecular weight is 282 g/mol. The third kappa shape index (κ3) is 2.06. The SMILES string of the molecule is Cc1nccc(Cn2nc(C)c(Br)c2N)n1. The minimum absolute atomic E-state index is 0.557. The van der Waals surface area contributed by atoms with Crippen molar-refractivity contribution in [2.75, 3.05) is 5.73 Å². The van der Waals surface area contributed by atoms with Crippen LogP contribution in [0.1, 0.15) is 17.2 Å². The van der Waals surface area contributed by atoms with Crippen molar-refractivity contribution < 1.29 is 0 Å². The molecule has 0 unspecified atom stereocenters. The second-order valence-electron chi connectivity index (χ2n) is 3.54. The molecule has 0 saturated heterocycles. The quantitative estimate of drug-likeness (QED) is 0.909. The van der Waals surface area contributed by atoms with Crippen LogP contribution in [0.15, 0.2) is 16.7 Å². The molecule has 2 N–H and O–H groups in total. The van der Waals surface area contributed by atoms with Crippen LogP contribution in [0.4, 0.5) is 5.82 Å². The van der Waals surface area contributed by atoms with Gasteiger partial charge in [0.25, 0.3) is 0 Å². The highest BCUT2D eigenvalue weighted by molar-refractivity contribution is 9.10. The maximum atomic E-state index is 5.90. The molecule has 0 aliphatic rings. The minimum atomic E-state index is 0.557. The Morgan fingerprint density at radius 2 is 2.19 bits per heavy atom. The molecule has 0 aliphatic carbocycles. The van der Waals surface area contributed by atoms with Crippen LogP contribution in [-0.4, -0.2) is 19.7 Å². The molecule has 0 atom stereocenters. The van der Waals surface area contributed by atoms with Gasteiger partial charge < -0.3 is 5.73 Å². The van der Waals surface area contributed by atoms with Crippen molar-refractivity contribution in [1.82, 2.24) is 19.7 Å². The number of hydrogen-bond acceptors (Lipinski definition) is 4. The molecular weight excluding hydrogens is 270 g/mol. The smallest absolute Gasteiger partial charge is 0.136 e. The maximum absolute atomic E-state index is 5.90. The Labute approximate surface area is 102 Å². The van der Waals surface area contributed by atoms with Crippen LogP contribution >= 0.6 is 15.9 Å². The predicted octanol–water partition coefficient (Wildman–Crippen LogP) is 1.68. The number of nitrogens with zero attached hydrogens (tertiary/aromatic N) is 4. The van der Waals surface area contributed by atoms with Gasteiger partial charge in [-0.3, -0.25) is 0 Å². The molecule has 16 heavy (non-hydrogen) atoms. The normalized spacial score (nSPS) is 10.7. The van der Waals surface area contributed by atoms with E-state index in [9.17, 15) is 0 Å². The Hall–Kier alpha value is -1.43. The van der Waals surface area contributed by atoms with E-state index in [4.69, 9.17) is 5.73 Å². The molecule has 2 aromatic rings. The van der Waals surface area contributed by atoms with Crippen molar-refractivity contribution in [3.8, 4) is 0 Å². The first-order valence-corrected chi connectivity index (χ1v) is 5.64. The molecule has 0 fully saturated rings. The standard InChI is InChI=1S/C10H12BrN5/c1-6-9(11)10(12)16(15-6)5-8-3-4-13-7(2)14-8/h3-4H,5,12H2,1-2H3. The maximum Gasteiger partial charge on any atom is 0.136 e. The predicted molar refractivity (Wildman–Crippen MR) is 64.9 cm³/mol. The fourth-order valence-corrected chi connectivity index (χ4v) is 1.73. The fourth-order valence-electron chi connectivity index (χ4n) is 1.44. The van der Waals surface area contributed by atoms with Crippen LogP contribution in [0.3, 0.4) is 0 Å². The van der Waals surface area contributed by atoms with Gasteiger partial charge in [0.1, 0.15) is 11.6 Å². The van der Waals surface area contributed by atoms with E-state index in [0.29, 0.717) is 12.4 Å². The molecule has 0 spiro atoms. The largest absolute Gasteiger partial charge is 0.383 e. The van der Waals surface area contributed by atoms with Crippen LogP contribution in [0.2, 0.25) is 0 Å². The van der Waals surface area contributed by atoms with Crippen LogP contribution in [0, 0.1) is 13.8 Å². The number of nitrogens with two attached hydrogens (primary N) is 1. The van der Waals surface area contributed by atoms with Gasteiger partial charge in [-0.25, -0.2) is 14.6 Å². The Kier molecular flexibility index (Phi) is 2.91. The van der Waals surface area contributed by atoms with E-state index in [-0.39, 0.29) is 0 Å². The van der Waals surface area contributed by atoms with Crippen molar-refractivity contribution in [3.05, 3.63) is 33.9 Å². The Morgan fingerprint density at radius 1 is 1.44 bits per heavy atom. The zero-order valence-corrected chi connectivity index (χ0v) is 10.7. The third-order valence-corrected chi connectivity index (χ3v) is 3.22. The van der Waals surface area contributed by atoms with Crippen molar-refractivity contribution in [2.45, 2.75) is 20.4 Å². The van der Waals surface area contributed by atoms with Crippen molar-refractivity contribution >= 4 is 21.7 Å². The molecule has 0 aromatic carbocycles. The van der Waals surface area contributed by atoms with Crippen LogP contribution in [0.5, 0.6) is 0 Å².